The maximum Gasteiger partial charge on any atom is 2.00 e. The average Bonchev–Trinajstić information content (AvgIpc) is 1.86. The number of rotatable bonds is 2. The standard InChI is InChI=1S/Ca.Fe.2H3O5P.H2O/c;;2*1-5-6(2,3)4;/h;;2*1H,(H2,2,3,4);1H2/q2*+2;;;/p-4. The van der Waals surface area contributed by atoms with Gasteiger partial charge in [-0.15, -0.1) is 0 Å². The van der Waals surface area contributed by atoms with Crippen molar-refractivity contribution in [1.82, 2.24) is 0 Å². The Bertz CT molecular complexity index is 169. The third kappa shape index (κ3) is 49.3. The van der Waals surface area contributed by atoms with Crippen LogP contribution < -0.4 is 19.6 Å². The molecule has 90 valence electrons. The van der Waals surface area contributed by atoms with Gasteiger partial charge in [-0.25, -0.2) is 19.9 Å². The number of phosphoric acid groups is 2. The Morgan fingerprint density at radius 2 is 0.933 bits per heavy atom. The molecule has 0 atom stereocenters. The smallest absolute Gasteiger partial charge is 0.788 e. The van der Waals surface area contributed by atoms with Crippen molar-refractivity contribution in [3.05, 3.63) is 0 Å². The van der Waals surface area contributed by atoms with Gasteiger partial charge in [-0.05, 0) is 0 Å². The van der Waals surface area contributed by atoms with Gasteiger partial charge in [0.1, 0.15) is 0 Å². The van der Waals surface area contributed by atoms with Crippen LogP contribution in [-0.2, 0) is 35.5 Å². The zero-order valence-electron chi connectivity index (χ0n) is 6.62. The predicted octanol–water partition coefficient (Wildman–Crippen LogP) is -4.60. The van der Waals surface area contributed by atoms with Crippen molar-refractivity contribution < 1.29 is 71.1 Å². The van der Waals surface area contributed by atoms with Gasteiger partial charge in [0.2, 0.25) is 0 Å². The summed E-state index contributed by atoms with van der Waals surface area (Å²) in [6, 6.07) is 0. The fourth-order valence-corrected chi connectivity index (χ4v) is 0. The summed E-state index contributed by atoms with van der Waals surface area (Å²) >= 11 is 0. The van der Waals surface area contributed by atoms with E-state index < -0.39 is 15.6 Å². The first-order chi connectivity index (χ1) is 5.12. The minimum atomic E-state index is -5.09. The normalized spacial score (nSPS) is 9.47. The summed E-state index contributed by atoms with van der Waals surface area (Å²) in [6.45, 7) is 0. The van der Waals surface area contributed by atoms with E-state index in [1.807, 2.05) is 0 Å². The topological polar surface area (TPSA) is 217 Å². The minimum absolute atomic E-state index is 0. The van der Waals surface area contributed by atoms with Crippen LogP contribution >= 0.6 is 15.6 Å². The molecule has 0 unspecified atom stereocenters. The predicted molar refractivity (Wildman–Crippen MR) is 32.0 cm³/mol. The molecule has 0 heterocycles. The number of hydrogen-bond acceptors (Lipinski definition) is 10. The first-order valence-corrected chi connectivity index (χ1v) is 4.75. The molecule has 0 aliphatic heterocycles. The van der Waals surface area contributed by atoms with E-state index in [4.69, 9.17) is 39.2 Å². The molecule has 0 amide bonds. The van der Waals surface area contributed by atoms with E-state index in [1.54, 1.807) is 0 Å². The molecular weight excluding hydrogens is 334 g/mol. The Kier molecular flexibility index (Phi) is 28.0. The molecule has 0 fully saturated rings. The molecular formula is H4CaFeO11P2. The van der Waals surface area contributed by atoms with E-state index in [2.05, 4.69) is 9.35 Å². The van der Waals surface area contributed by atoms with E-state index in [-0.39, 0.29) is 60.3 Å². The third-order valence-corrected chi connectivity index (χ3v) is 0.600. The van der Waals surface area contributed by atoms with Crippen LogP contribution in [-0.4, -0.2) is 53.7 Å². The van der Waals surface area contributed by atoms with Crippen LogP contribution in [0.3, 0.4) is 0 Å². The van der Waals surface area contributed by atoms with Crippen molar-refractivity contribution in [3.63, 3.8) is 0 Å². The van der Waals surface area contributed by atoms with Crippen LogP contribution in [0.1, 0.15) is 0 Å². The summed E-state index contributed by atoms with van der Waals surface area (Å²) < 4.78 is 22.8. The van der Waals surface area contributed by atoms with E-state index in [0.717, 1.165) is 0 Å². The largest absolute Gasteiger partial charge is 2.00 e. The minimum Gasteiger partial charge on any atom is -0.788 e. The summed E-state index contributed by atoms with van der Waals surface area (Å²) in [5, 5.41) is 14.0. The summed E-state index contributed by atoms with van der Waals surface area (Å²) in [5.74, 6) is 0. The number of hydrogen-bond donors (Lipinski definition) is 2. The molecule has 15 heavy (non-hydrogen) atoms. The van der Waals surface area contributed by atoms with Crippen LogP contribution in [0.2, 0.25) is 0 Å². The van der Waals surface area contributed by atoms with Crippen molar-refractivity contribution in [1.29, 1.82) is 0 Å². The van der Waals surface area contributed by atoms with Gasteiger partial charge in [-0.3, -0.25) is 0 Å². The molecule has 0 radical (unpaired) electrons. The molecule has 4 N–H and O–H groups in total. The third-order valence-electron chi connectivity index (χ3n) is 0.200. The Morgan fingerprint density at radius 3 is 0.933 bits per heavy atom. The van der Waals surface area contributed by atoms with Crippen LogP contribution in [0.15, 0.2) is 0 Å². The van der Waals surface area contributed by atoms with Gasteiger partial charge >= 0.3 is 54.8 Å². The van der Waals surface area contributed by atoms with Crippen molar-refractivity contribution in [2.24, 2.45) is 0 Å². The molecule has 0 rings (SSSR count). The molecule has 0 aliphatic rings. The van der Waals surface area contributed by atoms with E-state index in [0.29, 0.717) is 0 Å². The second-order valence-corrected chi connectivity index (χ2v) is 3.17. The van der Waals surface area contributed by atoms with Crippen LogP contribution in [0, 0.1) is 0 Å². The average molecular weight is 338 g/mol. The monoisotopic (exact) mass is 338 g/mol. The Hall–Kier alpha value is 1.88. The fraction of sp³-hybridized carbons (Fsp3) is 0. The summed E-state index contributed by atoms with van der Waals surface area (Å²) in [5.41, 5.74) is 0. The fourth-order valence-electron chi connectivity index (χ4n) is 0. The van der Waals surface area contributed by atoms with E-state index in [1.165, 1.54) is 0 Å². The Labute approximate surface area is 124 Å². The molecule has 0 aliphatic carbocycles. The molecule has 15 heteroatoms. The molecule has 0 aromatic heterocycles. The van der Waals surface area contributed by atoms with E-state index in [9.17, 15) is 0 Å². The van der Waals surface area contributed by atoms with Crippen molar-refractivity contribution in [2.45, 2.75) is 0 Å². The first-order valence-electron chi connectivity index (χ1n) is 1.83. The molecule has 0 bridgehead atoms. The quantitative estimate of drug-likeness (QED) is 0.212. The summed E-state index contributed by atoms with van der Waals surface area (Å²) in [4.78, 5) is 36.0. The molecule has 0 saturated carbocycles. The Morgan fingerprint density at radius 1 is 0.867 bits per heavy atom. The van der Waals surface area contributed by atoms with Gasteiger partial charge in [0.25, 0.3) is 0 Å². The van der Waals surface area contributed by atoms with Crippen molar-refractivity contribution in [3.8, 4) is 0 Å². The SMILES string of the molecule is O.O=P([O-])([O-])OO.O=P([O-])([O-])OO.[Ca+2].[Fe+2]. The second-order valence-electron chi connectivity index (χ2n) is 1.06. The van der Waals surface area contributed by atoms with Crippen LogP contribution in [0.4, 0.5) is 0 Å². The van der Waals surface area contributed by atoms with Crippen molar-refractivity contribution >= 4 is 53.4 Å². The molecule has 11 nitrogen and oxygen atoms in total. The summed E-state index contributed by atoms with van der Waals surface area (Å²) in [7, 11) is -10.2. The second kappa shape index (κ2) is 13.9. The first kappa shape index (κ1) is 30.2. The zero-order chi connectivity index (χ0) is 10.4. The van der Waals surface area contributed by atoms with Gasteiger partial charge in [0.15, 0.2) is 0 Å². The maximum absolute atomic E-state index is 9.00. The van der Waals surface area contributed by atoms with Crippen LogP contribution in [0.25, 0.3) is 0 Å². The molecule has 0 aromatic carbocycles. The van der Waals surface area contributed by atoms with Crippen molar-refractivity contribution in [2.75, 3.05) is 0 Å². The van der Waals surface area contributed by atoms with Gasteiger partial charge in [0, 0.05) is 0 Å². The van der Waals surface area contributed by atoms with E-state index >= 15 is 0 Å². The van der Waals surface area contributed by atoms with Gasteiger partial charge in [0.05, 0.1) is 15.6 Å². The van der Waals surface area contributed by atoms with Gasteiger partial charge in [-0.1, -0.05) is 0 Å². The maximum atomic E-state index is 9.00. The molecule has 0 spiro atoms. The molecule has 0 saturated heterocycles. The van der Waals surface area contributed by atoms with Crippen LogP contribution in [0.5, 0.6) is 0 Å². The zero-order valence-corrected chi connectivity index (χ0v) is 11.7. The van der Waals surface area contributed by atoms with Gasteiger partial charge in [-0.2, -0.15) is 0 Å². The van der Waals surface area contributed by atoms with Gasteiger partial charge < -0.3 is 34.2 Å². The Balaban J connectivity index is -0.0000000370. The summed E-state index contributed by atoms with van der Waals surface area (Å²) in [6.07, 6.45) is 0. The molecule has 0 aromatic rings.